The molecule has 1 aliphatic heterocycles. The summed E-state index contributed by atoms with van der Waals surface area (Å²) in [7, 11) is 0. The van der Waals surface area contributed by atoms with E-state index in [1.807, 2.05) is 36.4 Å². The van der Waals surface area contributed by atoms with Crippen LogP contribution < -0.4 is 5.73 Å². The highest BCUT2D eigenvalue weighted by Gasteiger charge is 2.51. The van der Waals surface area contributed by atoms with Gasteiger partial charge in [-0.2, -0.15) is 0 Å². The van der Waals surface area contributed by atoms with E-state index in [0.29, 0.717) is 18.7 Å². The molecule has 2 aliphatic rings. The maximum absolute atomic E-state index is 11.9. The van der Waals surface area contributed by atoms with E-state index in [2.05, 4.69) is 4.98 Å². The molecule has 6 heteroatoms. The molecule has 0 bridgehead atoms. The molecule has 1 aromatic heterocycles. The van der Waals surface area contributed by atoms with Crippen LogP contribution in [0.4, 0.5) is 10.6 Å². The van der Waals surface area contributed by atoms with E-state index in [0.717, 1.165) is 16.8 Å². The lowest BCUT2D eigenvalue weighted by atomic mass is 10.0. The number of hydrogen-bond donors (Lipinski definition) is 3. The molecule has 1 amide bonds. The van der Waals surface area contributed by atoms with Crippen LogP contribution in [0.15, 0.2) is 42.5 Å². The van der Waals surface area contributed by atoms with Crippen molar-refractivity contribution in [2.24, 2.45) is 0 Å². The second kappa shape index (κ2) is 5.49. The highest BCUT2D eigenvalue weighted by atomic mass is 16.4. The van der Waals surface area contributed by atoms with Crippen molar-refractivity contribution in [3.63, 3.8) is 0 Å². The highest BCUT2D eigenvalue weighted by molar-refractivity contribution is 5.68. The van der Waals surface area contributed by atoms with Gasteiger partial charge in [0.2, 0.25) is 0 Å². The van der Waals surface area contributed by atoms with Crippen molar-refractivity contribution in [2.75, 3.05) is 5.73 Å². The quantitative estimate of drug-likeness (QED) is 0.804. The average Bonchev–Trinajstić information content (AvgIpc) is 3.10. The first kappa shape index (κ1) is 15.0. The second-order valence-electron chi connectivity index (χ2n) is 6.45. The Balaban J connectivity index is 1.59. The smallest absolute Gasteiger partial charge is 0.407 e. The Kier molecular flexibility index (Phi) is 3.42. The Bertz CT molecular complexity index is 780. The summed E-state index contributed by atoms with van der Waals surface area (Å²) in [5, 5.41) is 20.4. The molecule has 0 radical (unpaired) electrons. The van der Waals surface area contributed by atoms with Gasteiger partial charge in [-0.05, 0) is 30.0 Å². The zero-order valence-electron chi connectivity index (χ0n) is 13.0. The van der Waals surface area contributed by atoms with Crippen molar-refractivity contribution in [1.29, 1.82) is 0 Å². The number of nitrogen functional groups attached to an aromatic ring is 1. The Labute approximate surface area is 139 Å². The number of pyridine rings is 1. The van der Waals surface area contributed by atoms with Gasteiger partial charge in [-0.3, -0.25) is 4.90 Å². The van der Waals surface area contributed by atoms with Gasteiger partial charge in [0.25, 0.3) is 0 Å². The summed E-state index contributed by atoms with van der Waals surface area (Å²) in [6.45, 7) is 0. The number of hydrogen-bond acceptors (Lipinski definition) is 4. The van der Waals surface area contributed by atoms with Gasteiger partial charge in [0.15, 0.2) is 0 Å². The number of anilines is 1. The van der Waals surface area contributed by atoms with Crippen molar-refractivity contribution in [1.82, 2.24) is 9.88 Å². The van der Waals surface area contributed by atoms with Crippen LogP contribution >= 0.6 is 0 Å². The van der Waals surface area contributed by atoms with E-state index >= 15 is 0 Å². The van der Waals surface area contributed by atoms with Crippen LogP contribution in [0.3, 0.4) is 0 Å². The van der Waals surface area contributed by atoms with Crippen LogP contribution in [-0.4, -0.2) is 38.3 Å². The molecule has 24 heavy (non-hydrogen) atoms. The first-order valence-electron chi connectivity index (χ1n) is 8.08. The molecule has 2 aromatic rings. The first-order valence-corrected chi connectivity index (χ1v) is 8.08. The predicted molar refractivity (Wildman–Crippen MR) is 88.6 cm³/mol. The number of carbonyl (C=O) groups is 1. The van der Waals surface area contributed by atoms with E-state index in [1.165, 1.54) is 4.90 Å². The van der Waals surface area contributed by atoms with Crippen molar-refractivity contribution < 1.29 is 15.0 Å². The van der Waals surface area contributed by atoms with Gasteiger partial charge in [0.05, 0.1) is 17.8 Å². The first-order chi connectivity index (χ1) is 11.6. The number of benzene rings is 1. The van der Waals surface area contributed by atoms with Crippen LogP contribution in [0.2, 0.25) is 0 Å². The second-order valence-corrected chi connectivity index (χ2v) is 6.45. The van der Waals surface area contributed by atoms with Gasteiger partial charge < -0.3 is 15.9 Å². The highest BCUT2D eigenvalue weighted by Crippen LogP contribution is 2.51. The number of nitrogens with two attached hydrogens (primary N) is 1. The number of likely N-dealkylation sites (tertiary alicyclic amines) is 1. The van der Waals surface area contributed by atoms with Gasteiger partial charge in [-0.1, -0.05) is 36.4 Å². The Morgan fingerprint density at radius 3 is 2.62 bits per heavy atom. The SMILES string of the molecule is Nc1ccc2c(n1)C2[C@@H]1CC[C@H]([C@H](O)c2ccccc2)N1C(=O)O. The van der Waals surface area contributed by atoms with Crippen LogP contribution in [0.1, 0.15) is 41.7 Å². The van der Waals surface area contributed by atoms with Gasteiger partial charge in [0, 0.05) is 12.0 Å². The molecule has 4 N–H and O–H groups in total. The monoisotopic (exact) mass is 325 g/mol. The lowest BCUT2D eigenvalue weighted by Crippen LogP contribution is -2.43. The van der Waals surface area contributed by atoms with E-state index in [-0.39, 0.29) is 12.0 Å². The molecular weight excluding hydrogens is 306 g/mol. The predicted octanol–water partition coefficient (Wildman–Crippen LogP) is 2.35. The van der Waals surface area contributed by atoms with Crippen LogP contribution in [0.5, 0.6) is 0 Å². The van der Waals surface area contributed by atoms with E-state index in [4.69, 9.17) is 5.73 Å². The standard InChI is InChI=1S/C18H19N3O3/c19-14-9-6-11-15(16(11)20-14)12-7-8-13(21(12)18(23)24)17(22)10-4-2-1-3-5-10/h1-6,9,12-13,15,17,22H,7-8H2,(H2,19,20)(H,23,24)/t12-,13+,15?,17+/m0/s1. The lowest BCUT2D eigenvalue weighted by Gasteiger charge is -2.30. The zero-order valence-corrected chi connectivity index (χ0v) is 13.0. The fraction of sp³-hybridized carbons (Fsp3) is 0.333. The van der Waals surface area contributed by atoms with Crippen molar-refractivity contribution in [3.8, 4) is 0 Å². The lowest BCUT2D eigenvalue weighted by molar-refractivity contribution is 0.0533. The zero-order chi connectivity index (χ0) is 16.8. The van der Waals surface area contributed by atoms with E-state index < -0.39 is 18.2 Å². The molecule has 4 atom stereocenters. The maximum Gasteiger partial charge on any atom is 0.407 e. The number of aliphatic hydroxyl groups excluding tert-OH is 1. The fourth-order valence-electron chi connectivity index (χ4n) is 3.97. The molecule has 1 aromatic carbocycles. The summed E-state index contributed by atoms with van der Waals surface area (Å²) in [4.78, 5) is 17.6. The van der Waals surface area contributed by atoms with Crippen molar-refractivity contribution in [3.05, 3.63) is 59.3 Å². The number of carboxylic acid groups (broad SMARTS) is 1. The maximum atomic E-state index is 11.9. The van der Waals surface area contributed by atoms with Gasteiger partial charge in [-0.25, -0.2) is 9.78 Å². The average molecular weight is 325 g/mol. The van der Waals surface area contributed by atoms with E-state index in [9.17, 15) is 15.0 Å². The minimum Gasteiger partial charge on any atom is -0.465 e. The Morgan fingerprint density at radius 1 is 1.21 bits per heavy atom. The topological polar surface area (TPSA) is 99.7 Å². The van der Waals surface area contributed by atoms with Crippen LogP contribution in [0, 0.1) is 0 Å². The van der Waals surface area contributed by atoms with Crippen LogP contribution in [0.25, 0.3) is 0 Å². The molecule has 1 fully saturated rings. The van der Waals surface area contributed by atoms with Gasteiger partial charge in [0.1, 0.15) is 5.82 Å². The molecule has 0 saturated carbocycles. The summed E-state index contributed by atoms with van der Waals surface area (Å²) in [6.07, 6.45) is -0.482. The molecule has 124 valence electrons. The molecule has 1 saturated heterocycles. The molecule has 2 heterocycles. The number of aromatic nitrogens is 1. The number of aliphatic hydroxyl groups is 1. The largest absolute Gasteiger partial charge is 0.465 e. The molecule has 0 spiro atoms. The third-order valence-corrected chi connectivity index (χ3v) is 5.11. The fourth-order valence-corrected chi connectivity index (χ4v) is 3.97. The number of nitrogens with zero attached hydrogens (tertiary/aromatic N) is 2. The third kappa shape index (κ3) is 2.30. The van der Waals surface area contributed by atoms with Gasteiger partial charge in [-0.15, -0.1) is 0 Å². The van der Waals surface area contributed by atoms with Crippen molar-refractivity contribution in [2.45, 2.75) is 36.9 Å². The van der Waals surface area contributed by atoms with Gasteiger partial charge >= 0.3 is 6.09 Å². The van der Waals surface area contributed by atoms with E-state index in [1.54, 1.807) is 6.07 Å². The minimum absolute atomic E-state index is 0.00590. The molecular formula is C18H19N3O3. The Morgan fingerprint density at radius 2 is 1.96 bits per heavy atom. The summed E-state index contributed by atoms with van der Waals surface area (Å²) in [5.74, 6) is 0.461. The van der Waals surface area contributed by atoms with Crippen molar-refractivity contribution >= 4 is 11.9 Å². The summed E-state index contributed by atoms with van der Waals surface area (Å²) < 4.78 is 0. The third-order valence-electron chi connectivity index (χ3n) is 5.11. The normalized spacial score (nSPS) is 26.0. The molecule has 1 aliphatic carbocycles. The number of fused-ring (bicyclic) bond motifs is 1. The summed E-state index contributed by atoms with van der Waals surface area (Å²) >= 11 is 0. The summed E-state index contributed by atoms with van der Waals surface area (Å²) in [6, 6.07) is 12.3. The minimum atomic E-state index is -0.997. The number of rotatable bonds is 3. The number of amides is 1. The van der Waals surface area contributed by atoms with Crippen LogP contribution in [-0.2, 0) is 0 Å². The molecule has 6 nitrogen and oxygen atoms in total. The summed E-state index contributed by atoms with van der Waals surface area (Å²) in [5.41, 5.74) is 8.41. The molecule has 1 unspecified atom stereocenters. The molecule has 4 rings (SSSR count). The Hall–Kier alpha value is -2.60.